The number of nitrogens with one attached hydrogen (secondary N) is 1. The molecule has 0 saturated carbocycles. The van der Waals surface area contributed by atoms with E-state index in [-0.39, 0.29) is 10.7 Å². The lowest BCUT2D eigenvalue weighted by Crippen LogP contribution is -2.36. The molecular formula is C24H28N2O4S. The van der Waals surface area contributed by atoms with Gasteiger partial charge in [-0.1, -0.05) is 18.6 Å². The first-order chi connectivity index (χ1) is 14.7. The monoisotopic (exact) mass is 440 g/mol. The molecule has 7 heteroatoms. The lowest BCUT2D eigenvalue weighted by Gasteiger charge is -2.26. The summed E-state index contributed by atoms with van der Waals surface area (Å²) in [7, 11) is -3.60. The number of benzene rings is 2. The first-order valence-corrected chi connectivity index (χ1v) is 12.0. The fourth-order valence-corrected chi connectivity index (χ4v) is 6.04. The predicted octanol–water partition coefficient (Wildman–Crippen LogP) is 5.09. The van der Waals surface area contributed by atoms with Gasteiger partial charge in [-0.15, -0.1) is 0 Å². The molecule has 0 bridgehead atoms. The lowest BCUT2D eigenvalue weighted by atomic mass is 10.1. The summed E-state index contributed by atoms with van der Waals surface area (Å²) in [5.74, 6) is -0.152. The molecule has 1 aliphatic rings. The lowest BCUT2D eigenvalue weighted by molar-refractivity contribution is 0.0998. The van der Waals surface area contributed by atoms with Crippen molar-refractivity contribution < 1.29 is 17.6 Å². The first kappa shape index (κ1) is 21.6. The molecule has 0 atom stereocenters. The largest absolute Gasteiger partial charge is 0.450 e. The van der Waals surface area contributed by atoms with Crippen LogP contribution in [-0.2, 0) is 10.0 Å². The number of rotatable bonds is 4. The number of carbonyl (C=O) groups is 1. The van der Waals surface area contributed by atoms with Crippen LogP contribution < -0.4 is 5.32 Å². The fraction of sp³-hybridized carbons (Fsp3) is 0.375. The second kappa shape index (κ2) is 8.13. The van der Waals surface area contributed by atoms with Gasteiger partial charge in [0.15, 0.2) is 5.76 Å². The number of furan rings is 1. The molecule has 4 rings (SSSR count). The van der Waals surface area contributed by atoms with Gasteiger partial charge in [0.2, 0.25) is 10.0 Å². The highest BCUT2D eigenvalue weighted by Crippen LogP contribution is 2.30. The summed E-state index contributed by atoms with van der Waals surface area (Å²) in [4.78, 5) is 13.2. The Balaban J connectivity index is 1.65. The van der Waals surface area contributed by atoms with Gasteiger partial charge >= 0.3 is 0 Å². The first-order valence-electron chi connectivity index (χ1n) is 10.6. The van der Waals surface area contributed by atoms with Gasteiger partial charge in [0.1, 0.15) is 5.58 Å². The van der Waals surface area contributed by atoms with Crippen molar-refractivity contribution in [2.45, 2.75) is 51.9 Å². The van der Waals surface area contributed by atoms with E-state index in [9.17, 15) is 13.2 Å². The van der Waals surface area contributed by atoms with Gasteiger partial charge in [0, 0.05) is 29.7 Å². The van der Waals surface area contributed by atoms with Gasteiger partial charge in [-0.05, 0) is 75.4 Å². The van der Waals surface area contributed by atoms with Crippen LogP contribution in [0.15, 0.2) is 39.6 Å². The summed E-state index contributed by atoms with van der Waals surface area (Å²) in [6, 6.07) is 9.02. The highest BCUT2D eigenvalue weighted by atomic mass is 32.2. The molecule has 2 heterocycles. The van der Waals surface area contributed by atoms with Crippen molar-refractivity contribution in [1.82, 2.24) is 4.31 Å². The van der Waals surface area contributed by atoms with Crippen molar-refractivity contribution in [3.05, 3.63) is 58.3 Å². The molecule has 1 saturated heterocycles. The third-order valence-electron chi connectivity index (χ3n) is 5.95. The van der Waals surface area contributed by atoms with E-state index >= 15 is 0 Å². The van der Waals surface area contributed by atoms with Gasteiger partial charge in [0.25, 0.3) is 5.91 Å². The van der Waals surface area contributed by atoms with Crippen LogP contribution >= 0.6 is 0 Å². The normalized spacial score (nSPS) is 15.4. The zero-order valence-corrected chi connectivity index (χ0v) is 19.2. The average molecular weight is 441 g/mol. The highest BCUT2D eigenvalue weighted by molar-refractivity contribution is 7.89. The Bertz CT molecular complexity index is 1270. The molecule has 1 N–H and O–H groups in total. The minimum Gasteiger partial charge on any atom is -0.450 e. The zero-order chi connectivity index (χ0) is 22.3. The van der Waals surface area contributed by atoms with Gasteiger partial charge in [-0.25, -0.2) is 8.42 Å². The van der Waals surface area contributed by atoms with Crippen molar-refractivity contribution in [2.24, 2.45) is 0 Å². The zero-order valence-electron chi connectivity index (χ0n) is 18.4. The molecule has 6 nitrogen and oxygen atoms in total. The number of carbonyl (C=O) groups excluding carboxylic acids is 1. The Labute approximate surface area is 183 Å². The summed E-state index contributed by atoms with van der Waals surface area (Å²) in [5.41, 5.74) is 4.64. The van der Waals surface area contributed by atoms with Crippen LogP contribution in [0.4, 0.5) is 5.69 Å². The summed E-state index contributed by atoms with van der Waals surface area (Å²) in [5, 5.41) is 3.74. The topological polar surface area (TPSA) is 79.6 Å². The second-order valence-electron chi connectivity index (χ2n) is 8.41. The maximum atomic E-state index is 13.2. The van der Waals surface area contributed by atoms with E-state index in [1.807, 2.05) is 32.9 Å². The van der Waals surface area contributed by atoms with Crippen molar-refractivity contribution in [3.8, 4) is 0 Å². The Morgan fingerprint density at radius 3 is 2.39 bits per heavy atom. The van der Waals surface area contributed by atoms with E-state index in [0.717, 1.165) is 41.3 Å². The molecule has 164 valence electrons. The maximum Gasteiger partial charge on any atom is 0.291 e. The molecule has 0 spiro atoms. The van der Waals surface area contributed by atoms with Crippen molar-refractivity contribution in [2.75, 3.05) is 18.4 Å². The predicted molar refractivity (Wildman–Crippen MR) is 122 cm³/mol. The molecule has 0 aliphatic carbocycles. The van der Waals surface area contributed by atoms with Crippen LogP contribution in [0.2, 0.25) is 0 Å². The number of nitrogens with zero attached hydrogens (tertiary/aromatic N) is 1. The van der Waals surface area contributed by atoms with E-state index in [4.69, 9.17) is 4.42 Å². The van der Waals surface area contributed by atoms with E-state index in [2.05, 4.69) is 5.32 Å². The fourth-order valence-electron chi connectivity index (χ4n) is 4.27. The van der Waals surface area contributed by atoms with E-state index < -0.39 is 15.9 Å². The van der Waals surface area contributed by atoms with E-state index in [1.54, 1.807) is 29.4 Å². The Morgan fingerprint density at radius 2 is 1.68 bits per heavy atom. The number of hydrogen-bond donors (Lipinski definition) is 1. The summed E-state index contributed by atoms with van der Waals surface area (Å²) < 4.78 is 33.7. The molecule has 1 amide bonds. The maximum absolute atomic E-state index is 13.2. The SMILES string of the molecule is Cc1cc(C)c2oc(C(=O)Nc3ccc(C)c(S(=O)(=O)N4CCCCC4)c3)c(C)c2c1. The van der Waals surface area contributed by atoms with Gasteiger partial charge < -0.3 is 9.73 Å². The van der Waals surface area contributed by atoms with Crippen LogP contribution in [0.3, 0.4) is 0 Å². The number of amides is 1. The van der Waals surface area contributed by atoms with Gasteiger partial charge in [0.05, 0.1) is 4.90 Å². The molecular weight excluding hydrogens is 412 g/mol. The van der Waals surface area contributed by atoms with Crippen LogP contribution in [0.1, 0.15) is 52.1 Å². The number of aryl methyl sites for hydroxylation is 4. The third-order valence-corrected chi connectivity index (χ3v) is 7.99. The number of sulfonamides is 1. The summed E-state index contributed by atoms with van der Waals surface area (Å²) >= 11 is 0. The minimum atomic E-state index is -3.60. The van der Waals surface area contributed by atoms with E-state index in [0.29, 0.717) is 29.9 Å². The van der Waals surface area contributed by atoms with E-state index in [1.165, 1.54) is 0 Å². The van der Waals surface area contributed by atoms with Crippen LogP contribution in [0.5, 0.6) is 0 Å². The molecule has 1 aliphatic heterocycles. The summed E-state index contributed by atoms with van der Waals surface area (Å²) in [6.45, 7) is 8.68. The minimum absolute atomic E-state index is 0.236. The summed E-state index contributed by atoms with van der Waals surface area (Å²) in [6.07, 6.45) is 2.80. The Morgan fingerprint density at radius 1 is 0.968 bits per heavy atom. The quantitative estimate of drug-likeness (QED) is 0.613. The molecule has 0 unspecified atom stereocenters. The number of fused-ring (bicyclic) bond motifs is 1. The van der Waals surface area contributed by atoms with Crippen molar-refractivity contribution in [1.29, 1.82) is 0 Å². The van der Waals surface area contributed by atoms with Crippen LogP contribution in [0, 0.1) is 27.7 Å². The third kappa shape index (κ3) is 4.00. The van der Waals surface area contributed by atoms with Gasteiger partial charge in [-0.2, -0.15) is 4.31 Å². The number of piperidine rings is 1. The number of hydrogen-bond acceptors (Lipinski definition) is 4. The average Bonchev–Trinajstić information content (AvgIpc) is 3.07. The van der Waals surface area contributed by atoms with Crippen LogP contribution in [0.25, 0.3) is 11.0 Å². The Hall–Kier alpha value is -2.64. The molecule has 1 aromatic heterocycles. The Kier molecular flexibility index (Phi) is 5.66. The highest BCUT2D eigenvalue weighted by Gasteiger charge is 2.28. The van der Waals surface area contributed by atoms with Crippen molar-refractivity contribution in [3.63, 3.8) is 0 Å². The second-order valence-corrected chi connectivity index (χ2v) is 10.3. The molecule has 2 aromatic carbocycles. The molecule has 3 aromatic rings. The number of anilines is 1. The molecule has 1 fully saturated rings. The molecule has 0 radical (unpaired) electrons. The molecule has 31 heavy (non-hydrogen) atoms. The van der Waals surface area contributed by atoms with Crippen molar-refractivity contribution >= 4 is 32.6 Å². The standard InChI is InChI=1S/C24H28N2O4S/c1-15-12-17(3)22-20(13-15)18(4)23(30-22)24(27)25-19-9-8-16(2)21(14-19)31(28,29)26-10-6-5-7-11-26/h8-9,12-14H,5-7,10-11H2,1-4H3,(H,25,27). The smallest absolute Gasteiger partial charge is 0.291 e. The van der Waals surface area contributed by atoms with Gasteiger partial charge in [-0.3, -0.25) is 4.79 Å². The van der Waals surface area contributed by atoms with Crippen LogP contribution in [-0.4, -0.2) is 31.7 Å².